The number of benzene rings is 1. The van der Waals surface area contributed by atoms with Crippen molar-refractivity contribution in [1.29, 1.82) is 5.26 Å². The van der Waals surface area contributed by atoms with Crippen LogP contribution in [0.3, 0.4) is 0 Å². The van der Waals surface area contributed by atoms with Crippen molar-refractivity contribution in [3.63, 3.8) is 0 Å². The van der Waals surface area contributed by atoms with Gasteiger partial charge in [-0.2, -0.15) is 5.26 Å². The van der Waals surface area contributed by atoms with Crippen molar-refractivity contribution in [2.75, 3.05) is 11.1 Å². The molecule has 0 saturated heterocycles. The van der Waals surface area contributed by atoms with E-state index < -0.39 is 0 Å². The summed E-state index contributed by atoms with van der Waals surface area (Å²) in [5.41, 5.74) is 4.66. The normalized spacial score (nSPS) is 14.4. The lowest BCUT2D eigenvalue weighted by Gasteiger charge is -2.19. The zero-order chi connectivity index (χ0) is 24.5. The summed E-state index contributed by atoms with van der Waals surface area (Å²) in [6, 6.07) is 10.7. The van der Waals surface area contributed by atoms with E-state index in [2.05, 4.69) is 59.1 Å². The maximum absolute atomic E-state index is 12.8. The molecule has 34 heavy (non-hydrogen) atoms. The van der Waals surface area contributed by atoms with Crippen molar-refractivity contribution in [2.24, 2.45) is 0 Å². The minimum Gasteiger partial charge on any atom is -0.411 e. The van der Waals surface area contributed by atoms with Crippen LogP contribution in [-0.2, 0) is 10.2 Å². The molecule has 3 aromatic rings. The number of carbonyl (C=O) groups excluding carboxylic acids is 1. The number of nitriles is 1. The van der Waals surface area contributed by atoms with Crippen LogP contribution < -0.4 is 5.32 Å². The highest BCUT2D eigenvalue weighted by molar-refractivity contribution is 7.99. The van der Waals surface area contributed by atoms with Gasteiger partial charge in [0.15, 0.2) is 0 Å². The second kappa shape index (κ2) is 9.67. The summed E-state index contributed by atoms with van der Waals surface area (Å²) in [6.07, 6.45) is 4.48. The zero-order valence-electron chi connectivity index (χ0n) is 20.4. The average molecular weight is 478 g/mol. The molecule has 1 aromatic carbocycles. The molecule has 8 heteroatoms. The number of hydrogen-bond donors (Lipinski definition) is 1. The van der Waals surface area contributed by atoms with E-state index in [1.54, 1.807) is 0 Å². The molecule has 1 aliphatic carbocycles. The Bertz CT molecular complexity index is 1220. The Morgan fingerprint density at radius 2 is 1.88 bits per heavy atom. The largest absolute Gasteiger partial charge is 0.411 e. The molecule has 1 saturated carbocycles. The lowest BCUT2D eigenvalue weighted by Crippen LogP contribution is -2.19. The van der Waals surface area contributed by atoms with Gasteiger partial charge in [-0.05, 0) is 55.4 Å². The van der Waals surface area contributed by atoms with Gasteiger partial charge in [0.1, 0.15) is 11.9 Å². The van der Waals surface area contributed by atoms with Crippen LogP contribution in [0.4, 0.5) is 5.82 Å². The Kier molecular flexibility index (Phi) is 6.85. The van der Waals surface area contributed by atoms with Gasteiger partial charge < -0.3 is 14.3 Å². The summed E-state index contributed by atoms with van der Waals surface area (Å²) >= 11 is 1.19. The molecule has 1 aliphatic rings. The van der Waals surface area contributed by atoms with Crippen LogP contribution >= 0.6 is 11.8 Å². The summed E-state index contributed by atoms with van der Waals surface area (Å²) in [6.45, 7) is 10.5. The highest BCUT2D eigenvalue weighted by atomic mass is 32.2. The molecule has 1 N–H and O–H groups in total. The van der Waals surface area contributed by atoms with Crippen molar-refractivity contribution in [3.05, 3.63) is 46.6 Å². The fourth-order valence-corrected chi connectivity index (χ4v) is 5.06. The summed E-state index contributed by atoms with van der Waals surface area (Å²) in [4.78, 5) is 12.8. The van der Waals surface area contributed by atoms with E-state index in [4.69, 9.17) is 4.42 Å². The standard InChI is InChI=1S/C26H31N5O2S/c1-16-17(2)31(20-8-6-7-9-20)23(21(16)14-27)28-22(32)15-34-25-30-29-24(33-25)18-10-12-19(13-11-18)26(3,4)5/h10-13,20H,6-9,15H2,1-5H3,(H,28,32). The van der Waals surface area contributed by atoms with Crippen LogP contribution in [0, 0.1) is 25.2 Å². The Morgan fingerprint density at radius 1 is 1.21 bits per heavy atom. The molecule has 0 radical (unpaired) electrons. The lowest BCUT2D eigenvalue weighted by atomic mass is 9.87. The number of carbonyl (C=O) groups is 1. The van der Waals surface area contributed by atoms with Gasteiger partial charge in [0.2, 0.25) is 11.8 Å². The van der Waals surface area contributed by atoms with Gasteiger partial charge in [0.25, 0.3) is 5.22 Å². The first-order chi connectivity index (χ1) is 16.2. The van der Waals surface area contributed by atoms with Crippen LogP contribution in [0.2, 0.25) is 0 Å². The molecule has 0 aliphatic heterocycles. The molecule has 4 rings (SSSR count). The lowest BCUT2D eigenvalue weighted by molar-refractivity contribution is -0.113. The number of nitrogens with zero attached hydrogens (tertiary/aromatic N) is 4. The van der Waals surface area contributed by atoms with Gasteiger partial charge in [-0.3, -0.25) is 4.79 Å². The van der Waals surface area contributed by atoms with Gasteiger partial charge in [0, 0.05) is 17.3 Å². The van der Waals surface area contributed by atoms with Crippen LogP contribution in [-0.4, -0.2) is 26.4 Å². The molecule has 1 fully saturated rings. The first-order valence-electron chi connectivity index (χ1n) is 11.7. The topological polar surface area (TPSA) is 96.7 Å². The summed E-state index contributed by atoms with van der Waals surface area (Å²) in [5, 5.41) is 21.3. The predicted molar refractivity (Wildman–Crippen MR) is 134 cm³/mol. The number of rotatable bonds is 6. The number of amides is 1. The average Bonchev–Trinajstić information content (AvgIpc) is 3.53. The Labute approximate surface area is 204 Å². The number of hydrogen-bond acceptors (Lipinski definition) is 6. The highest BCUT2D eigenvalue weighted by Gasteiger charge is 2.27. The minimum atomic E-state index is -0.201. The third-order valence-corrected chi connectivity index (χ3v) is 7.37. The second-order valence-electron chi connectivity index (χ2n) is 9.89. The summed E-state index contributed by atoms with van der Waals surface area (Å²) in [7, 11) is 0. The number of thioether (sulfide) groups is 1. The van der Waals surface area contributed by atoms with Crippen molar-refractivity contribution in [1.82, 2.24) is 14.8 Å². The monoisotopic (exact) mass is 477 g/mol. The predicted octanol–water partition coefficient (Wildman–Crippen LogP) is 6.17. The third kappa shape index (κ3) is 4.90. The molecule has 0 bridgehead atoms. The zero-order valence-corrected chi connectivity index (χ0v) is 21.3. The van der Waals surface area contributed by atoms with Crippen molar-refractivity contribution in [2.45, 2.75) is 77.0 Å². The smallest absolute Gasteiger partial charge is 0.277 e. The Balaban J connectivity index is 1.43. The van der Waals surface area contributed by atoms with Gasteiger partial charge >= 0.3 is 0 Å². The Morgan fingerprint density at radius 3 is 2.50 bits per heavy atom. The SMILES string of the molecule is Cc1c(C#N)c(NC(=O)CSc2nnc(-c3ccc(C(C)(C)C)cc3)o2)n(C2CCCC2)c1C. The van der Waals surface area contributed by atoms with E-state index in [0.29, 0.717) is 28.5 Å². The Hall–Kier alpha value is -3.05. The molecule has 0 unspecified atom stereocenters. The van der Waals surface area contributed by atoms with E-state index in [1.165, 1.54) is 30.2 Å². The highest BCUT2D eigenvalue weighted by Crippen LogP contribution is 2.38. The van der Waals surface area contributed by atoms with Crippen molar-refractivity contribution < 1.29 is 9.21 Å². The number of anilines is 1. The molecular weight excluding hydrogens is 446 g/mol. The third-order valence-electron chi connectivity index (χ3n) is 6.55. The first-order valence-corrected chi connectivity index (χ1v) is 12.7. The molecule has 0 spiro atoms. The maximum Gasteiger partial charge on any atom is 0.277 e. The van der Waals surface area contributed by atoms with E-state index in [1.807, 2.05) is 26.0 Å². The van der Waals surface area contributed by atoms with Crippen LogP contribution in [0.5, 0.6) is 0 Å². The minimum absolute atomic E-state index is 0.0713. The molecule has 0 atom stereocenters. The quantitative estimate of drug-likeness (QED) is 0.426. The summed E-state index contributed by atoms with van der Waals surface area (Å²) < 4.78 is 7.92. The van der Waals surface area contributed by atoms with Crippen LogP contribution in [0.25, 0.3) is 11.5 Å². The van der Waals surface area contributed by atoms with Gasteiger partial charge in [0.05, 0.1) is 11.3 Å². The van der Waals surface area contributed by atoms with Gasteiger partial charge in [-0.15, -0.1) is 10.2 Å². The van der Waals surface area contributed by atoms with E-state index in [-0.39, 0.29) is 17.1 Å². The number of aromatic nitrogens is 3. The molecule has 2 aromatic heterocycles. The first kappa shape index (κ1) is 24.1. The van der Waals surface area contributed by atoms with Gasteiger partial charge in [-0.1, -0.05) is 57.5 Å². The number of nitrogens with one attached hydrogen (secondary N) is 1. The molecule has 2 heterocycles. The molecular formula is C26H31N5O2S. The fourth-order valence-electron chi connectivity index (χ4n) is 4.50. The van der Waals surface area contributed by atoms with Crippen molar-refractivity contribution in [3.8, 4) is 17.5 Å². The summed E-state index contributed by atoms with van der Waals surface area (Å²) in [5.74, 6) is 0.952. The molecule has 178 valence electrons. The molecule has 7 nitrogen and oxygen atoms in total. The van der Waals surface area contributed by atoms with E-state index in [9.17, 15) is 10.1 Å². The van der Waals surface area contributed by atoms with E-state index >= 15 is 0 Å². The second-order valence-corrected chi connectivity index (χ2v) is 10.8. The van der Waals surface area contributed by atoms with Crippen LogP contribution in [0.15, 0.2) is 33.9 Å². The van der Waals surface area contributed by atoms with Crippen molar-refractivity contribution >= 4 is 23.5 Å². The maximum atomic E-state index is 12.8. The van der Waals surface area contributed by atoms with Gasteiger partial charge in [-0.25, -0.2) is 0 Å². The van der Waals surface area contributed by atoms with Crippen LogP contribution in [0.1, 0.15) is 74.9 Å². The molecule has 1 amide bonds. The van der Waals surface area contributed by atoms with E-state index in [0.717, 1.165) is 29.7 Å². The fraction of sp³-hybridized carbons (Fsp3) is 0.462.